The summed E-state index contributed by atoms with van der Waals surface area (Å²) in [5, 5.41) is 0. The van der Waals surface area contributed by atoms with Crippen LogP contribution >= 0.6 is 15.9 Å². The number of rotatable bonds is 9. The molecule has 4 nitrogen and oxygen atoms in total. The lowest BCUT2D eigenvalue weighted by Crippen LogP contribution is -2.24. The quantitative estimate of drug-likeness (QED) is 0.673. The molecule has 0 amide bonds. The Morgan fingerprint density at radius 1 is 1.00 bits per heavy atom. The van der Waals surface area contributed by atoms with E-state index in [0.717, 1.165) is 43.1 Å². The third kappa shape index (κ3) is 6.51. The molecule has 0 aliphatic rings. The van der Waals surface area contributed by atoms with Crippen molar-refractivity contribution in [2.24, 2.45) is 5.73 Å². The van der Waals surface area contributed by atoms with Crippen LogP contribution in [0.5, 0.6) is 0 Å². The molecule has 0 saturated carbocycles. The molecule has 0 unspecified atom stereocenters. The zero-order valence-corrected chi connectivity index (χ0v) is 13.3. The van der Waals surface area contributed by atoms with E-state index in [0.29, 0.717) is 11.4 Å². The van der Waals surface area contributed by atoms with Gasteiger partial charge in [0.15, 0.2) is 0 Å². The molecule has 108 valence electrons. The lowest BCUT2D eigenvalue weighted by atomic mass is 10.1. The van der Waals surface area contributed by atoms with Gasteiger partial charge in [0.1, 0.15) is 0 Å². The molecule has 0 aromatic heterocycles. The van der Waals surface area contributed by atoms with Crippen LogP contribution in [0.1, 0.15) is 32.1 Å². The standard InChI is InChI=1S/C13H21BrN2O2S/c14-12-6-8-13(9-7-12)19(17,18)16-11-5-3-1-2-4-10-15/h6-9,16H,1-5,10-11,15H2. The summed E-state index contributed by atoms with van der Waals surface area (Å²) in [6.45, 7) is 1.22. The highest BCUT2D eigenvalue weighted by Gasteiger charge is 2.12. The second-order valence-corrected chi connectivity index (χ2v) is 7.09. The van der Waals surface area contributed by atoms with Crippen molar-refractivity contribution >= 4 is 26.0 Å². The van der Waals surface area contributed by atoms with Gasteiger partial charge in [-0.15, -0.1) is 0 Å². The van der Waals surface area contributed by atoms with Crippen LogP contribution in [0.15, 0.2) is 33.6 Å². The van der Waals surface area contributed by atoms with Gasteiger partial charge in [0, 0.05) is 11.0 Å². The smallest absolute Gasteiger partial charge is 0.240 e. The van der Waals surface area contributed by atoms with Gasteiger partial charge in [-0.25, -0.2) is 13.1 Å². The largest absolute Gasteiger partial charge is 0.330 e. The molecule has 19 heavy (non-hydrogen) atoms. The van der Waals surface area contributed by atoms with Gasteiger partial charge < -0.3 is 5.73 Å². The molecule has 0 aliphatic heterocycles. The second kappa shape index (κ2) is 8.68. The van der Waals surface area contributed by atoms with E-state index in [2.05, 4.69) is 20.7 Å². The molecule has 0 spiro atoms. The highest BCUT2D eigenvalue weighted by molar-refractivity contribution is 9.10. The Bertz CT molecular complexity index is 460. The Kier molecular flexibility index (Phi) is 7.60. The molecule has 1 rings (SSSR count). The molecule has 0 fully saturated rings. The van der Waals surface area contributed by atoms with E-state index in [1.54, 1.807) is 24.3 Å². The van der Waals surface area contributed by atoms with E-state index in [9.17, 15) is 8.42 Å². The van der Waals surface area contributed by atoms with Gasteiger partial charge in [-0.3, -0.25) is 0 Å². The predicted octanol–water partition coefficient (Wildman–Crippen LogP) is 2.64. The van der Waals surface area contributed by atoms with E-state index in [1.807, 2.05) is 0 Å². The highest BCUT2D eigenvalue weighted by atomic mass is 79.9. The fourth-order valence-electron chi connectivity index (χ4n) is 1.70. The molecule has 1 aromatic carbocycles. The van der Waals surface area contributed by atoms with Gasteiger partial charge in [0.2, 0.25) is 10.0 Å². The maximum Gasteiger partial charge on any atom is 0.240 e. The summed E-state index contributed by atoms with van der Waals surface area (Å²) in [7, 11) is -3.37. The fraction of sp³-hybridized carbons (Fsp3) is 0.538. The molecule has 0 heterocycles. The lowest BCUT2D eigenvalue weighted by Gasteiger charge is -2.06. The minimum atomic E-state index is -3.37. The first kappa shape index (κ1) is 16.6. The zero-order chi connectivity index (χ0) is 14.1. The fourth-order valence-corrected chi connectivity index (χ4v) is 3.04. The zero-order valence-electron chi connectivity index (χ0n) is 10.9. The van der Waals surface area contributed by atoms with Crippen molar-refractivity contribution in [1.29, 1.82) is 0 Å². The summed E-state index contributed by atoms with van der Waals surface area (Å²) in [6, 6.07) is 6.63. The van der Waals surface area contributed by atoms with E-state index in [4.69, 9.17) is 5.73 Å². The SMILES string of the molecule is NCCCCCCCNS(=O)(=O)c1ccc(Br)cc1. The molecule has 0 atom stereocenters. The second-order valence-electron chi connectivity index (χ2n) is 4.41. The first-order valence-electron chi connectivity index (χ1n) is 6.51. The Morgan fingerprint density at radius 3 is 2.21 bits per heavy atom. The van der Waals surface area contributed by atoms with E-state index < -0.39 is 10.0 Å². The Hall–Kier alpha value is -0.430. The molecular weight excluding hydrogens is 328 g/mol. The van der Waals surface area contributed by atoms with Gasteiger partial charge in [0.25, 0.3) is 0 Å². The third-order valence-corrected chi connectivity index (χ3v) is 4.80. The number of hydrogen-bond donors (Lipinski definition) is 2. The maximum absolute atomic E-state index is 11.9. The first-order chi connectivity index (χ1) is 9.06. The van der Waals surface area contributed by atoms with Crippen LogP contribution in [0.2, 0.25) is 0 Å². The van der Waals surface area contributed by atoms with Crippen molar-refractivity contribution in [2.75, 3.05) is 13.1 Å². The molecular formula is C13H21BrN2O2S. The molecule has 0 bridgehead atoms. The van der Waals surface area contributed by atoms with E-state index in [1.165, 1.54) is 0 Å². The normalized spacial score (nSPS) is 11.7. The van der Waals surface area contributed by atoms with Gasteiger partial charge >= 0.3 is 0 Å². The summed E-state index contributed by atoms with van der Waals surface area (Å²) in [5.41, 5.74) is 5.41. The van der Waals surface area contributed by atoms with Crippen LogP contribution in [0.3, 0.4) is 0 Å². The summed E-state index contributed by atoms with van der Waals surface area (Å²) >= 11 is 3.28. The van der Waals surface area contributed by atoms with Crippen LogP contribution < -0.4 is 10.5 Å². The minimum absolute atomic E-state index is 0.304. The molecule has 0 aliphatic carbocycles. The summed E-state index contributed by atoms with van der Waals surface area (Å²) in [4.78, 5) is 0.304. The van der Waals surface area contributed by atoms with Crippen molar-refractivity contribution in [2.45, 2.75) is 37.0 Å². The topological polar surface area (TPSA) is 72.2 Å². The number of nitrogens with one attached hydrogen (secondary N) is 1. The number of nitrogens with two attached hydrogens (primary N) is 1. The van der Waals surface area contributed by atoms with E-state index >= 15 is 0 Å². The number of benzene rings is 1. The third-order valence-electron chi connectivity index (χ3n) is 2.80. The average Bonchev–Trinajstić information content (AvgIpc) is 2.38. The number of halogens is 1. The van der Waals surface area contributed by atoms with Crippen molar-refractivity contribution < 1.29 is 8.42 Å². The minimum Gasteiger partial charge on any atom is -0.330 e. The van der Waals surface area contributed by atoms with Gasteiger partial charge in [0.05, 0.1) is 4.90 Å². The van der Waals surface area contributed by atoms with Crippen molar-refractivity contribution in [3.8, 4) is 0 Å². The lowest BCUT2D eigenvalue weighted by molar-refractivity contribution is 0.569. The van der Waals surface area contributed by atoms with Gasteiger partial charge in [-0.2, -0.15) is 0 Å². The van der Waals surface area contributed by atoms with Crippen LogP contribution in [-0.4, -0.2) is 21.5 Å². The van der Waals surface area contributed by atoms with Gasteiger partial charge in [-0.05, 0) is 43.7 Å². The van der Waals surface area contributed by atoms with Crippen LogP contribution in [0, 0.1) is 0 Å². The molecule has 1 aromatic rings. The van der Waals surface area contributed by atoms with Crippen molar-refractivity contribution in [1.82, 2.24) is 4.72 Å². The van der Waals surface area contributed by atoms with Crippen LogP contribution in [-0.2, 0) is 10.0 Å². The molecule has 0 saturated heterocycles. The van der Waals surface area contributed by atoms with Crippen molar-refractivity contribution in [3.63, 3.8) is 0 Å². The maximum atomic E-state index is 11.9. The predicted molar refractivity (Wildman–Crippen MR) is 81.5 cm³/mol. The molecule has 3 N–H and O–H groups in total. The number of unbranched alkanes of at least 4 members (excludes halogenated alkanes) is 4. The van der Waals surface area contributed by atoms with Gasteiger partial charge in [-0.1, -0.05) is 35.2 Å². The number of sulfonamides is 1. The van der Waals surface area contributed by atoms with E-state index in [-0.39, 0.29) is 0 Å². The molecule has 0 radical (unpaired) electrons. The monoisotopic (exact) mass is 348 g/mol. The van der Waals surface area contributed by atoms with Crippen molar-refractivity contribution in [3.05, 3.63) is 28.7 Å². The van der Waals surface area contributed by atoms with Crippen LogP contribution in [0.25, 0.3) is 0 Å². The average molecular weight is 349 g/mol. The molecule has 6 heteroatoms. The summed E-state index contributed by atoms with van der Waals surface area (Å²) < 4.78 is 27.4. The Morgan fingerprint density at radius 2 is 1.58 bits per heavy atom. The highest BCUT2D eigenvalue weighted by Crippen LogP contribution is 2.14. The Labute approximate surface area is 124 Å². The first-order valence-corrected chi connectivity index (χ1v) is 8.79. The summed E-state index contributed by atoms with van der Waals surface area (Å²) in [5.74, 6) is 0. The van der Waals surface area contributed by atoms with Crippen LogP contribution in [0.4, 0.5) is 0 Å². The number of hydrogen-bond acceptors (Lipinski definition) is 3. The summed E-state index contributed by atoms with van der Waals surface area (Å²) in [6.07, 6.45) is 5.17. The Balaban J connectivity index is 2.29.